The van der Waals surface area contributed by atoms with Gasteiger partial charge in [-0.05, 0) is 79.4 Å². The normalized spacial score (nSPS) is 73.9. The van der Waals surface area contributed by atoms with Crippen molar-refractivity contribution in [3.8, 4) is 0 Å². The minimum absolute atomic E-state index is 0.261. The van der Waals surface area contributed by atoms with E-state index in [4.69, 9.17) is 5.73 Å². The molecule has 0 heterocycles. The standard InChI is InChI=1S/C15H23N/c1-14-6-8-2-10-11-3-9(4-12(10)14)7-15(14,16)13(11)5-8/h8-13H,2-7,16H2,1H3/t8-,9-,10+,11+,12-,13-,14+,15-/m0/s1. The lowest BCUT2D eigenvalue weighted by Crippen LogP contribution is -2.79. The van der Waals surface area contributed by atoms with E-state index < -0.39 is 0 Å². The van der Waals surface area contributed by atoms with E-state index in [0.29, 0.717) is 5.41 Å². The molecule has 1 nitrogen and oxygen atoms in total. The van der Waals surface area contributed by atoms with E-state index in [9.17, 15) is 0 Å². The molecule has 7 rings (SSSR count). The molecule has 0 aromatic rings. The van der Waals surface area contributed by atoms with Crippen LogP contribution in [0.15, 0.2) is 0 Å². The summed E-state index contributed by atoms with van der Waals surface area (Å²) in [5, 5.41) is 0. The summed E-state index contributed by atoms with van der Waals surface area (Å²) in [7, 11) is 0. The third kappa shape index (κ3) is 0.674. The van der Waals surface area contributed by atoms with Gasteiger partial charge >= 0.3 is 0 Å². The Kier molecular flexibility index (Phi) is 1.26. The van der Waals surface area contributed by atoms with Gasteiger partial charge in [0.05, 0.1) is 0 Å². The minimum Gasteiger partial charge on any atom is -0.324 e. The molecule has 8 bridgehead atoms. The highest BCUT2D eigenvalue weighted by Crippen LogP contribution is 2.76. The van der Waals surface area contributed by atoms with Gasteiger partial charge in [0, 0.05) is 5.54 Å². The zero-order chi connectivity index (χ0) is 10.7. The highest BCUT2D eigenvalue weighted by Gasteiger charge is 2.73. The largest absolute Gasteiger partial charge is 0.324 e. The molecular formula is C15H23N. The van der Waals surface area contributed by atoms with Crippen molar-refractivity contribution in [2.45, 2.75) is 51.0 Å². The number of hydrogen-bond acceptors (Lipinski definition) is 1. The van der Waals surface area contributed by atoms with E-state index in [0.717, 1.165) is 35.5 Å². The molecule has 2 N–H and O–H groups in total. The van der Waals surface area contributed by atoms with Crippen LogP contribution in [0, 0.1) is 40.9 Å². The van der Waals surface area contributed by atoms with Crippen molar-refractivity contribution in [1.82, 2.24) is 0 Å². The lowest BCUT2D eigenvalue weighted by Gasteiger charge is -2.78. The first-order valence-electron chi connectivity index (χ1n) is 7.41. The van der Waals surface area contributed by atoms with Crippen molar-refractivity contribution in [2.24, 2.45) is 46.7 Å². The fraction of sp³-hybridized carbons (Fsp3) is 1.00. The SMILES string of the molecule is C[C@@]12C[C@H]3C[C@@H]4[C@H]5C[C@@H](C[C@@H]41)C[C@]2(N)[C@H]5C3. The molecule has 7 fully saturated rings. The molecule has 8 atom stereocenters. The Balaban J connectivity index is 1.77. The quantitative estimate of drug-likeness (QED) is 0.663. The Hall–Kier alpha value is -0.0400. The van der Waals surface area contributed by atoms with E-state index in [1.807, 2.05) is 0 Å². The molecule has 0 saturated heterocycles. The number of rotatable bonds is 0. The third-order valence-corrected chi connectivity index (χ3v) is 7.85. The summed E-state index contributed by atoms with van der Waals surface area (Å²) in [5.74, 6) is 6.14. The van der Waals surface area contributed by atoms with Gasteiger partial charge in [-0.25, -0.2) is 0 Å². The Morgan fingerprint density at radius 3 is 2.31 bits per heavy atom. The van der Waals surface area contributed by atoms with Crippen LogP contribution in [0.2, 0.25) is 0 Å². The molecule has 0 amide bonds. The fourth-order valence-electron chi connectivity index (χ4n) is 7.54. The molecule has 7 saturated carbocycles. The first-order chi connectivity index (χ1) is 7.62. The van der Waals surface area contributed by atoms with Crippen LogP contribution in [-0.2, 0) is 0 Å². The lowest BCUT2D eigenvalue weighted by atomic mass is 9.29. The second kappa shape index (κ2) is 2.25. The molecule has 7 aliphatic carbocycles. The summed E-state index contributed by atoms with van der Waals surface area (Å²) in [6.07, 6.45) is 9.00. The summed E-state index contributed by atoms with van der Waals surface area (Å²) in [5.41, 5.74) is 7.79. The maximum atomic E-state index is 6.99. The summed E-state index contributed by atoms with van der Waals surface area (Å²) < 4.78 is 0. The predicted molar refractivity (Wildman–Crippen MR) is 63.7 cm³/mol. The maximum absolute atomic E-state index is 6.99. The maximum Gasteiger partial charge on any atom is 0.0245 e. The highest BCUT2D eigenvalue weighted by atomic mass is 14.9. The van der Waals surface area contributed by atoms with Crippen molar-refractivity contribution in [3.05, 3.63) is 0 Å². The van der Waals surface area contributed by atoms with E-state index in [2.05, 4.69) is 6.92 Å². The summed E-state index contributed by atoms with van der Waals surface area (Å²) in [6.45, 7) is 2.57. The molecule has 0 spiro atoms. The molecule has 7 aliphatic rings. The van der Waals surface area contributed by atoms with Gasteiger partial charge in [-0.1, -0.05) is 6.92 Å². The van der Waals surface area contributed by atoms with E-state index in [-0.39, 0.29) is 5.54 Å². The molecule has 0 aliphatic heterocycles. The van der Waals surface area contributed by atoms with E-state index in [1.54, 1.807) is 12.8 Å². The van der Waals surface area contributed by atoms with Gasteiger partial charge in [-0.3, -0.25) is 0 Å². The average Bonchev–Trinajstić information content (AvgIpc) is 2.25. The Morgan fingerprint density at radius 2 is 1.50 bits per heavy atom. The molecule has 0 aromatic carbocycles. The number of nitrogens with two attached hydrogens (primary N) is 1. The molecule has 16 heavy (non-hydrogen) atoms. The van der Waals surface area contributed by atoms with Crippen LogP contribution in [0.4, 0.5) is 0 Å². The van der Waals surface area contributed by atoms with Gasteiger partial charge in [0.2, 0.25) is 0 Å². The van der Waals surface area contributed by atoms with E-state index >= 15 is 0 Å². The Bertz CT molecular complexity index is 342. The molecule has 0 radical (unpaired) electrons. The van der Waals surface area contributed by atoms with Gasteiger partial charge < -0.3 is 5.73 Å². The summed E-state index contributed by atoms with van der Waals surface area (Å²) in [4.78, 5) is 0. The van der Waals surface area contributed by atoms with Crippen molar-refractivity contribution in [3.63, 3.8) is 0 Å². The topological polar surface area (TPSA) is 26.0 Å². The zero-order valence-electron chi connectivity index (χ0n) is 10.3. The molecular weight excluding hydrogens is 194 g/mol. The second-order valence-corrected chi connectivity index (χ2v) is 8.08. The molecule has 0 unspecified atom stereocenters. The zero-order valence-corrected chi connectivity index (χ0v) is 10.3. The monoisotopic (exact) mass is 217 g/mol. The average molecular weight is 217 g/mol. The first-order valence-corrected chi connectivity index (χ1v) is 7.41. The molecule has 0 aromatic heterocycles. The highest BCUT2D eigenvalue weighted by molar-refractivity contribution is 5.25. The van der Waals surface area contributed by atoms with Crippen molar-refractivity contribution < 1.29 is 0 Å². The van der Waals surface area contributed by atoms with Crippen LogP contribution in [0.1, 0.15) is 45.4 Å². The molecule has 1 heteroatoms. The van der Waals surface area contributed by atoms with Crippen LogP contribution in [0.3, 0.4) is 0 Å². The van der Waals surface area contributed by atoms with Crippen LogP contribution < -0.4 is 5.73 Å². The summed E-state index contributed by atoms with van der Waals surface area (Å²) in [6, 6.07) is 0. The Labute approximate surface area is 98.2 Å². The van der Waals surface area contributed by atoms with Gasteiger partial charge in [-0.2, -0.15) is 0 Å². The van der Waals surface area contributed by atoms with Crippen molar-refractivity contribution >= 4 is 0 Å². The fourth-order valence-corrected chi connectivity index (χ4v) is 7.54. The Morgan fingerprint density at radius 1 is 0.875 bits per heavy atom. The second-order valence-electron chi connectivity index (χ2n) is 8.08. The smallest absolute Gasteiger partial charge is 0.0245 e. The van der Waals surface area contributed by atoms with Crippen LogP contribution in [0.25, 0.3) is 0 Å². The third-order valence-electron chi connectivity index (χ3n) is 7.85. The van der Waals surface area contributed by atoms with Crippen LogP contribution in [0.5, 0.6) is 0 Å². The van der Waals surface area contributed by atoms with Crippen molar-refractivity contribution in [2.75, 3.05) is 0 Å². The summed E-state index contributed by atoms with van der Waals surface area (Å²) >= 11 is 0. The minimum atomic E-state index is 0.261. The van der Waals surface area contributed by atoms with Gasteiger partial charge in [-0.15, -0.1) is 0 Å². The van der Waals surface area contributed by atoms with Crippen LogP contribution >= 0.6 is 0 Å². The first kappa shape index (κ1) is 8.97. The van der Waals surface area contributed by atoms with Crippen LogP contribution in [-0.4, -0.2) is 5.54 Å². The molecule has 88 valence electrons. The predicted octanol–water partition coefficient (Wildman–Crippen LogP) is 2.80. The number of hydrogen-bond donors (Lipinski definition) is 1. The van der Waals surface area contributed by atoms with Gasteiger partial charge in [0.25, 0.3) is 0 Å². The van der Waals surface area contributed by atoms with Crippen molar-refractivity contribution in [1.29, 1.82) is 0 Å². The lowest BCUT2D eigenvalue weighted by molar-refractivity contribution is -0.259. The van der Waals surface area contributed by atoms with E-state index in [1.165, 1.54) is 25.7 Å². The van der Waals surface area contributed by atoms with Gasteiger partial charge in [0.15, 0.2) is 0 Å². The van der Waals surface area contributed by atoms with Gasteiger partial charge in [0.1, 0.15) is 0 Å².